The van der Waals surface area contributed by atoms with Gasteiger partial charge in [-0.15, -0.1) is 23.5 Å². The first-order chi connectivity index (χ1) is 10.6. The molecule has 0 radical (unpaired) electrons. The summed E-state index contributed by atoms with van der Waals surface area (Å²) in [6.07, 6.45) is 2.09. The lowest BCUT2D eigenvalue weighted by molar-refractivity contribution is 0.0697. The summed E-state index contributed by atoms with van der Waals surface area (Å²) >= 11 is 3.84. The van der Waals surface area contributed by atoms with Crippen molar-refractivity contribution >= 4 is 41.1 Å². The van der Waals surface area contributed by atoms with Gasteiger partial charge in [-0.2, -0.15) is 0 Å². The molecule has 2 aromatic carbocycles. The molecule has 112 valence electrons. The van der Waals surface area contributed by atoms with E-state index >= 15 is 0 Å². The monoisotopic (exact) mass is 328 g/mol. The summed E-state index contributed by atoms with van der Waals surface area (Å²) in [5.41, 5.74) is 3.73. The molecule has 0 aromatic heterocycles. The number of hydrogen-bond acceptors (Lipinski definition) is 3. The number of carbonyl (C=O) groups is 1. The topological polar surface area (TPSA) is 37.3 Å². The third kappa shape index (κ3) is 3.39. The lowest BCUT2D eigenvalue weighted by atomic mass is 10.0. The van der Waals surface area contributed by atoms with Crippen LogP contribution in [-0.2, 0) is 0 Å². The van der Waals surface area contributed by atoms with Crippen LogP contribution in [0.5, 0.6) is 0 Å². The van der Waals surface area contributed by atoms with Crippen LogP contribution in [0.4, 0.5) is 0 Å². The van der Waals surface area contributed by atoms with E-state index in [1.807, 2.05) is 35.7 Å². The SMILES string of the molecule is CC(=Cc1ccc(C(=O)O)cc1)c1ccc2c(c1)SCCS2. The van der Waals surface area contributed by atoms with Gasteiger partial charge in [0.25, 0.3) is 0 Å². The van der Waals surface area contributed by atoms with E-state index < -0.39 is 5.97 Å². The maximum Gasteiger partial charge on any atom is 0.335 e. The maximum absolute atomic E-state index is 10.9. The van der Waals surface area contributed by atoms with E-state index in [0.717, 1.165) is 5.56 Å². The Morgan fingerprint density at radius 2 is 1.64 bits per heavy atom. The van der Waals surface area contributed by atoms with Crippen LogP contribution >= 0.6 is 23.5 Å². The smallest absolute Gasteiger partial charge is 0.335 e. The van der Waals surface area contributed by atoms with E-state index in [2.05, 4.69) is 31.2 Å². The van der Waals surface area contributed by atoms with Gasteiger partial charge in [-0.25, -0.2) is 4.79 Å². The van der Waals surface area contributed by atoms with Crippen molar-refractivity contribution in [2.24, 2.45) is 0 Å². The molecule has 2 nitrogen and oxygen atoms in total. The highest BCUT2D eigenvalue weighted by Gasteiger charge is 2.11. The first kappa shape index (κ1) is 15.3. The number of allylic oxidation sites excluding steroid dienone is 1. The van der Waals surface area contributed by atoms with Crippen molar-refractivity contribution in [3.8, 4) is 0 Å². The van der Waals surface area contributed by atoms with Gasteiger partial charge in [0.15, 0.2) is 0 Å². The predicted molar refractivity (Wildman–Crippen MR) is 94.8 cm³/mol. The highest BCUT2D eigenvalue weighted by molar-refractivity contribution is 8.05. The quantitative estimate of drug-likeness (QED) is 0.791. The first-order valence-corrected chi connectivity index (χ1v) is 9.02. The Morgan fingerprint density at radius 1 is 1.00 bits per heavy atom. The molecule has 0 atom stereocenters. The average Bonchev–Trinajstić information content (AvgIpc) is 2.55. The number of hydrogen-bond donors (Lipinski definition) is 1. The molecule has 3 rings (SSSR count). The summed E-state index contributed by atoms with van der Waals surface area (Å²) in [5.74, 6) is 1.46. The lowest BCUT2D eigenvalue weighted by Gasteiger charge is -2.15. The van der Waals surface area contributed by atoms with Gasteiger partial charge in [0, 0.05) is 21.3 Å². The number of aromatic carboxylic acids is 1. The van der Waals surface area contributed by atoms with Gasteiger partial charge in [0.1, 0.15) is 0 Å². The summed E-state index contributed by atoms with van der Waals surface area (Å²) < 4.78 is 0. The van der Waals surface area contributed by atoms with E-state index in [0.29, 0.717) is 5.56 Å². The lowest BCUT2D eigenvalue weighted by Crippen LogP contribution is -1.95. The normalized spacial score (nSPS) is 14.5. The number of benzene rings is 2. The minimum Gasteiger partial charge on any atom is -0.478 e. The summed E-state index contributed by atoms with van der Waals surface area (Å²) in [7, 11) is 0. The second-order valence-electron chi connectivity index (χ2n) is 5.11. The van der Waals surface area contributed by atoms with Crippen LogP contribution in [0, 0.1) is 0 Å². The fraction of sp³-hybridized carbons (Fsp3) is 0.167. The van der Waals surface area contributed by atoms with Crippen LogP contribution in [-0.4, -0.2) is 22.6 Å². The zero-order chi connectivity index (χ0) is 15.5. The molecule has 1 aliphatic heterocycles. The Balaban J connectivity index is 1.86. The largest absolute Gasteiger partial charge is 0.478 e. The van der Waals surface area contributed by atoms with E-state index in [9.17, 15) is 4.79 Å². The summed E-state index contributed by atoms with van der Waals surface area (Å²) in [6, 6.07) is 13.6. The molecule has 0 saturated carbocycles. The van der Waals surface area contributed by atoms with E-state index in [-0.39, 0.29) is 0 Å². The Bertz CT molecular complexity index is 733. The molecule has 0 saturated heterocycles. The third-order valence-corrected chi connectivity index (χ3v) is 6.06. The summed E-state index contributed by atoms with van der Waals surface area (Å²) in [5, 5.41) is 8.93. The van der Waals surface area contributed by atoms with Gasteiger partial charge in [-0.1, -0.05) is 24.3 Å². The molecule has 1 aliphatic rings. The zero-order valence-corrected chi connectivity index (χ0v) is 13.8. The van der Waals surface area contributed by atoms with E-state index in [4.69, 9.17) is 5.11 Å². The van der Waals surface area contributed by atoms with Crippen molar-refractivity contribution < 1.29 is 9.90 Å². The van der Waals surface area contributed by atoms with Gasteiger partial charge in [-0.3, -0.25) is 0 Å². The van der Waals surface area contributed by atoms with Crippen molar-refractivity contribution in [1.82, 2.24) is 0 Å². The van der Waals surface area contributed by atoms with Gasteiger partial charge in [0.05, 0.1) is 5.56 Å². The fourth-order valence-corrected chi connectivity index (χ4v) is 4.59. The molecule has 0 bridgehead atoms. The Kier molecular flexibility index (Phi) is 4.60. The van der Waals surface area contributed by atoms with E-state index in [1.165, 1.54) is 32.4 Å². The molecule has 0 aliphatic carbocycles. The molecular formula is C18H16O2S2. The molecule has 0 amide bonds. The molecule has 4 heteroatoms. The third-order valence-electron chi connectivity index (χ3n) is 3.54. The molecule has 0 fully saturated rings. The van der Waals surface area contributed by atoms with Crippen LogP contribution in [0.25, 0.3) is 11.6 Å². The molecule has 0 unspecified atom stereocenters. The second-order valence-corrected chi connectivity index (χ2v) is 7.39. The number of thioether (sulfide) groups is 2. The zero-order valence-electron chi connectivity index (χ0n) is 12.2. The van der Waals surface area contributed by atoms with Gasteiger partial charge < -0.3 is 5.11 Å². The number of fused-ring (bicyclic) bond motifs is 1. The van der Waals surface area contributed by atoms with Gasteiger partial charge in [-0.05, 0) is 47.9 Å². The highest BCUT2D eigenvalue weighted by Crippen LogP contribution is 2.38. The van der Waals surface area contributed by atoms with E-state index in [1.54, 1.807) is 12.1 Å². The average molecular weight is 328 g/mol. The predicted octanol–water partition coefficient (Wildman–Crippen LogP) is 5.14. The van der Waals surface area contributed by atoms with Crippen molar-refractivity contribution in [3.05, 3.63) is 59.2 Å². The minimum absolute atomic E-state index is 0.317. The highest BCUT2D eigenvalue weighted by atomic mass is 32.2. The maximum atomic E-state index is 10.9. The molecule has 2 aromatic rings. The van der Waals surface area contributed by atoms with Crippen LogP contribution < -0.4 is 0 Å². The Morgan fingerprint density at radius 3 is 2.32 bits per heavy atom. The molecule has 1 N–H and O–H groups in total. The minimum atomic E-state index is -0.892. The van der Waals surface area contributed by atoms with Crippen molar-refractivity contribution in [3.63, 3.8) is 0 Å². The Hall–Kier alpha value is -1.65. The molecule has 0 spiro atoms. The summed E-state index contributed by atoms with van der Waals surface area (Å²) in [4.78, 5) is 13.6. The van der Waals surface area contributed by atoms with Crippen LogP contribution in [0.15, 0.2) is 52.3 Å². The van der Waals surface area contributed by atoms with Crippen LogP contribution in [0.3, 0.4) is 0 Å². The van der Waals surface area contributed by atoms with Crippen molar-refractivity contribution in [2.75, 3.05) is 11.5 Å². The first-order valence-electron chi connectivity index (χ1n) is 7.05. The van der Waals surface area contributed by atoms with Crippen molar-refractivity contribution in [1.29, 1.82) is 0 Å². The second kappa shape index (κ2) is 6.63. The number of carboxylic acids is 1. The van der Waals surface area contributed by atoms with Gasteiger partial charge in [0.2, 0.25) is 0 Å². The fourth-order valence-electron chi connectivity index (χ4n) is 2.34. The van der Waals surface area contributed by atoms with Crippen molar-refractivity contribution in [2.45, 2.75) is 16.7 Å². The Labute approximate surface area is 138 Å². The number of carboxylic acid groups (broad SMARTS) is 1. The van der Waals surface area contributed by atoms with Crippen LogP contribution in [0.1, 0.15) is 28.4 Å². The molecular weight excluding hydrogens is 312 g/mol. The standard InChI is InChI=1S/C18H16O2S2/c1-12(10-13-2-4-14(5-3-13)18(19)20)15-6-7-16-17(11-15)22-9-8-21-16/h2-7,10-11H,8-9H2,1H3,(H,19,20). The molecule has 22 heavy (non-hydrogen) atoms. The summed E-state index contributed by atoms with van der Waals surface area (Å²) in [6.45, 7) is 2.09. The van der Waals surface area contributed by atoms with Crippen LogP contribution in [0.2, 0.25) is 0 Å². The van der Waals surface area contributed by atoms with Gasteiger partial charge >= 0.3 is 5.97 Å². The molecule has 1 heterocycles. The number of rotatable bonds is 3.